The third-order valence-corrected chi connectivity index (χ3v) is 6.75. The fraction of sp³-hybridized carbons (Fsp3) is 0.429. The highest BCUT2D eigenvalue weighted by atomic mass is 32.2. The number of amides is 2. The molecule has 0 bridgehead atoms. The number of benzene rings is 1. The van der Waals surface area contributed by atoms with E-state index in [0.717, 1.165) is 46.3 Å². The van der Waals surface area contributed by atoms with Crippen molar-refractivity contribution in [2.45, 2.75) is 42.0 Å². The number of nitrogens with zero attached hydrogens (tertiary/aromatic N) is 3. The lowest BCUT2D eigenvalue weighted by Crippen LogP contribution is -2.41. The number of hydrogen-bond acceptors (Lipinski definition) is 6. The smallest absolute Gasteiger partial charge is 0.407 e. The van der Waals surface area contributed by atoms with Crippen LogP contribution in [0.4, 0.5) is 16.3 Å². The Morgan fingerprint density at radius 2 is 2.20 bits per heavy atom. The number of nitrogens with one attached hydrogen (secondary N) is 2. The molecule has 158 valence electrons. The van der Waals surface area contributed by atoms with Crippen molar-refractivity contribution < 1.29 is 14.7 Å². The van der Waals surface area contributed by atoms with Crippen molar-refractivity contribution in [1.29, 1.82) is 0 Å². The van der Waals surface area contributed by atoms with Crippen LogP contribution in [0.15, 0.2) is 40.5 Å². The molecule has 3 N–H and O–H groups in total. The van der Waals surface area contributed by atoms with E-state index in [1.165, 1.54) is 11.8 Å². The summed E-state index contributed by atoms with van der Waals surface area (Å²) in [6.45, 7) is 3.19. The van der Waals surface area contributed by atoms with E-state index in [9.17, 15) is 14.7 Å². The number of carboxylic acid groups (broad SMARTS) is 1. The summed E-state index contributed by atoms with van der Waals surface area (Å²) in [5.74, 6) is 1.06. The Morgan fingerprint density at radius 1 is 1.37 bits per heavy atom. The van der Waals surface area contributed by atoms with Crippen molar-refractivity contribution in [3.8, 4) is 0 Å². The maximum Gasteiger partial charge on any atom is 0.407 e. The van der Waals surface area contributed by atoms with Gasteiger partial charge in [-0.05, 0) is 48.8 Å². The van der Waals surface area contributed by atoms with Gasteiger partial charge in [0, 0.05) is 43.8 Å². The third-order valence-electron chi connectivity index (χ3n) is 5.68. The average Bonchev–Trinajstić information content (AvgIpc) is 2.75. The molecule has 8 nitrogen and oxygen atoms in total. The van der Waals surface area contributed by atoms with Gasteiger partial charge in [0.15, 0.2) is 5.82 Å². The van der Waals surface area contributed by atoms with Crippen molar-refractivity contribution in [2.75, 3.05) is 25.0 Å². The first-order chi connectivity index (χ1) is 14.5. The highest BCUT2D eigenvalue weighted by molar-refractivity contribution is 7.99. The molecule has 2 aliphatic rings. The van der Waals surface area contributed by atoms with Gasteiger partial charge in [0.25, 0.3) is 0 Å². The van der Waals surface area contributed by atoms with Gasteiger partial charge in [-0.25, -0.2) is 14.8 Å². The van der Waals surface area contributed by atoms with Gasteiger partial charge >= 0.3 is 6.09 Å². The summed E-state index contributed by atoms with van der Waals surface area (Å²) < 4.78 is 0. The summed E-state index contributed by atoms with van der Waals surface area (Å²) >= 11 is 1.59. The van der Waals surface area contributed by atoms with Crippen molar-refractivity contribution in [3.05, 3.63) is 36.2 Å². The van der Waals surface area contributed by atoms with E-state index in [2.05, 4.69) is 38.8 Å². The maximum absolute atomic E-state index is 11.5. The molecule has 4 rings (SSSR count). The largest absolute Gasteiger partial charge is 0.465 e. The predicted molar refractivity (Wildman–Crippen MR) is 114 cm³/mol. The first kappa shape index (κ1) is 20.5. The van der Waals surface area contributed by atoms with Crippen LogP contribution in [-0.4, -0.2) is 51.6 Å². The second kappa shape index (κ2) is 8.91. The fourth-order valence-electron chi connectivity index (χ4n) is 4.27. The van der Waals surface area contributed by atoms with Crippen LogP contribution in [0.3, 0.4) is 0 Å². The molecule has 9 heteroatoms. The number of likely N-dealkylation sites (tertiary alicyclic amines) is 1. The first-order valence-electron chi connectivity index (χ1n) is 10.1. The van der Waals surface area contributed by atoms with Crippen LogP contribution >= 0.6 is 11.8 Å². The lowest BCUT2D eigenvalue weighted by atomic mass is 9.79. The zero-order valence-electron chi connectivity index (χ0n) is 16.8. The van der Waals surface area contributed by atoms with Gasteiger partial charge in [-0.3, -0.25) is 4.79 Å². The lowest BCUT2D eigenvalue weighted by Gasteiger charge is -2.36. The van der Waals surface area contributed by atoms with Crippen molar-refractivity contribution in [3.63, 3.8) is 0 Å². The molecule has 0 aliphatic carbocycles. The number of aromatic nitrogens is 2. The molecule has 1 fully saturated rings. The van der Waals surface area contributed by atoms with Crippen molar-refractivity contribution >= 4 is 35.3 Å². The number of rotatable bonds is 5. The second-order valence-electron chi connectivity index (χ2n) is 7.70. The summed E-state index contributed by atoms with van der Waals surface area (Å²) in [5, 5.41) is 16.6. The fourth-order valence-corrected chi connectivity index (χ4v) is 5.15. The Hall–Kier alpha value is -2.81. The van der Waals surface area contributed by atoms with Gasteiger partial charge in [-0.1, -0.05) is 17.8 Å². The van der Waals surface area contributed by atoms with Crippen LogP contribution in [0.2, 0.25) is 0 Å². The van der Waals surface area contributed by atoms with Gasteiger partial charge in [-0.15, -0.1) is 0 Å². The second-order valence-corrected chi connectivity index (χ2v) is 8.73. The molecule has 0 spiro atoms. The Bertz CT molecular complexity index is 954. The first-order valence-corrected chi connectivity index (χ1v) is 10.9. The zero-order chi connectivity index (χ0) is 21.1. The van der Waals surface area contributed by atoms with E-state index in [1.54, 1.807) is 24.2 Å². The molecule has 0 saturated carbocycles. The highest BCUT2D eigenvalue weighted by Gasteiger charge is 2.31. The van der Waals surface area contributed by atoms with E-state index in [1.807, 2.05) is 0 Å². The van der Waals surface area contributed by atoms with Gasteiger partial charge < -0.3 is 20.6 Å². The normalized spacial score (nSPS) is 18.6. The molecule has 0 radical (unpaired) electrons. The van der Waals surface area contributed by atoms with Gasteiger partial charge in [0.2, 0.25) is 5.91 Å². The minimum Gasteiger partial charge on any atom is -0.465 e. The van der Waals surface area contributed by atoms with E-state index < -0.39 is 6.09 Å². The zero-order valence-corrected chi connectivity index (χ0v) is 17.6. The number of anilines is 2. The van der Waals surface area contributed by atoms with Gasteiger partial charge in [0.1, 0.15) is 5.03 Å². The number of piperidine rings is 1. The Kier molecular flexibility index (Phi) is 6.08. The summed E-state index contributed by atoms with van der Waals surface area (Å²) in [4.78, 5) is 34.2. The number of hydrogen-bond donors (Lipinski definition) is 3. The van der Waals surface area contributed by atoms with Gasteiger partial charge in [-0.2, -0.15) is 0 Å². The SMILES string of the molecule is CC(=O)NCCC(c1ccc2c(c1)Nc1nccnc1S2)C1CCCN(C(=O)O)C1. The molecular weight excluding hydrogens is 402 g/mol. The third kappa shape index (κ3) is 4.51. The Labute approximate surface area is 179 Å². The van der Waals surface area contributed by atoms with Crippen LogP contribution in [-0.2, 0) is 4.79 Å². The summed E-state index contributed by atoms with van der Waals surface area (Å²) in [6.07, 6.45) is 5.08. The molecule has 1 saturated heterocycles. The molecular formula is C21H25N5O3S. The van der Waals surface area contributed by atoms with Crippen molar-refractivity contribution in [1.82, 2.24) is 20.2 Å². The van der Waals surface area contributed by atoms with Crippen LogP contribution in [0.1, 0.15) is 37.7 Å². The van der Waals surface area contributed by atoms with E-state index in [0.29, 0.717) is 19.6 Å². The molecule has 3 heterocycles. The van der Waals surface area contributed by atoms with E-state index >= 15 is 0 Å². The number of fused-ring (bicyclic) bond motifs is 2. The van der Waals surface area contributed by atoms with Crippen LogP contribution in [0.25, 0.3) is 0 Å². The van der Waals surface area contributed by atoms with Crippen LogP contribution in [0.5, 0.6) is 0 Å². The topological polar surface area (TPSA) is 107 Å². The molecule has 2 aromatic rings. The maximum atomic E-state index is 11.5. The summed E-state index contributed by atoms with van der Waals surface area (Å²) in [6, 6.07) is 6.34. The minimum atomic E-state index is -0.862. The Balaban J connectivity index is 1.59. The molecule has 2 atom stereocenters. The summed E-state index contributed by atoms with van der Waals surface area (Å²) in [7, 11) is 0. The quantitative estimate of drug-likeness (QED) is 0.570. The molecule has 2 amide bonds. The lowest BCUT2D eigenvalue weighted by molar-refractivity contribution is -0.118. The van der Waals surface area contributed by atoms with Crippen molar-refractivity contribution in [2.24, 2.45) is 5.92 Å². The summed E-state index contributed by atoms with van der Waals surface area (Å²) in [5.41, 5.74) is 2.14. The van der Waals surface area contributed by atoms with E-state index in [-0.39, 0.29) is 17.7 Å². The Morgan fingerprint density at radius 3 is 3.00 bits per heavy atom. The van der Waals surface area contributed by atoms with Gasteiger partial charge in [0.05, 0.1) is 5.69 Å². The molecule has 2 unspecified atom stereocenters. The molecule has 1 aromatic carbocycles. The van der Waals surface area contributed by atoms with Crippen LogP contribution < -0.4 is 10.6 Å². The monoisotopic (exact) mass is 427 g/mol. The van der Waals surface area contributed by atoms with Crippen LogP contribution in [0, 0.1) is 5.92 Å². The minimum absolute atomic E-state index is 0.0526. The standard InChI is InChI=1S/C21H25N5O3S/c1-13(27)22-7-6-16(15-3-2-10-26(12-15)21(28)29)14-4-5-18-17(11-14)25-19-20(30-18)24-9-8-23-19/h4-5,8-9,11,15-16H,2-3,6-7,10,12H2,1H3,(H,22,27)(H,23,25)(H,28,29). The molecule has 1 aromatic heterocycles. The number of carbonyl (C=O) groups is 2. The highest BCUT2D eigenvalue weighted by Crippen LogP contribution is 2.44. The molecule has 2 aliphatic heterocycles. The predicted octanol–water partition coefficient (Wildman–Crippen LogP) is 3.68. The number of carbonyl (C=O) groups excluding carboxylic acids is 1. The van der Waals surface area contributed by atoms with E-state index in [4.69, 9.17) is 0 Å². The molecule has 30 heavy (non-hydrogen) atoms. The average molecular weight is 428 g/mol.